The van der Waals surface area contributed by atoms with Crippen LogP contribution in [0.25, 0.3) is 23.5 Å². The highest BCUT2D eigenvalue weighted by molar-refractivity contribution is 6.14. The molecule has 4 rings (SSSR count). The number of hydrogen-bond donors (Lipinski definition) is 0. The van der Waals surface area contributed by atoms with Gasteiger partial charge in [0.15, 0.2) is 5.78 Å². The molecule has 0 atom stereocenters. The highest BCUT2D eigenvalue weighted by Gasteiger charge is 2.21. The van der Waals surface area contributed by atoms with E-state index in [9.17, 15) is 9.59 Å². The molecule has 0 spiro atoms. The van der Waals surface area contributed by atoms with Crippen LogP contribution in [0.4, 0.5) is 0 Å². The van der Waals surface area contributed by atoms with Crippen molar-refractivity contribution in [3.05, 3.63) is 130 Å². The third kappa shape index (κ3) is 4.14. The van der Waals surface area contributed by atoms with E-state index in [0.717, 1.165) is 5.56 Å². The first-order valence-corrected chi connectivity index (χ1v) is 9.29. The summed E-state index contributed by atoms with van der Waals surface area (Å²) in [6.07, 6.45) is 3.67. The monoisotopic (exact) mass is 378 g/mol. The average molecular weight is 378 g/mol. The van der Waals surface area contributed by atoms with Gasteiger partial charge in [-0.25, -0.2) is 4.79 Å². The molecule has 29 heavy (non-hydrogen) atoms. The molecule has 3 heteroatoms. The zero-order chi connectivity index (χ0) is 20.1. The van der Waals surface area contributed by atoms with Crippen molar-refractivity contribution in [3.8, 4) is 11.3 Å². The molecule has 4 aromatic rings. The standard InChI is InChI=1S/C26H18O3/c27-23-18-22(17-16-19-10-4-1-5-11-19)24(25(28)20-12-6-2-7-13-20)26(29-23)21-14-8-3-9-15-21/h1-18H/b17-16+. The summed E-state index contributed by atoms with van der Waals surface area (Å²) in [6.45, 7) is 0. The van der Waals surface area contributed by atoms with Crippen LogP contribution in [0.5, 0.6) is 0 Å². The summed E-state index contributed by atoms with van der Waals surface area (Å²) in [4.78, 5) is 25.7. The number of carbonyl (C=O) groups excluding carboxylic acids is 1. The van der Waals surface area contributed by atoms with Crippen molar-refractivity contribution in [2.24, 2.45) is 0 Å². The minimum Gasteiger partial charge on any atom is -0.422 e. The van der Waals surface area contributed by atoms with Crippen molar-refractivity contribution in [3.63, 3.8) is 0 Å². The molecule has 0 aliphatic carbocycles. The lowest BCUT2D eigenvalue weighted by atomic mass is 9.94. The maximum atomic E-state index is 13.4. The molecule has 3 nitrogen and oxygen atoms in total. The predicted molar refractivity (Wildman–Crippen MR) is 116 cm³/mol. The van der Waals surface area contributed by atoms with E-state index in [1.165, 1.54) is 6.07 Å². The van der Waals surface area contributed by atoms with Gasteiger partial charge in [0, 0.05) is 17.2 Å². The van der Waals surface area contributed by atoms with E-state index in [-0.39, 0.29) is 11.5 Å². The first kappa shape index (κ1) is 18.4. The van der Waals surface area contributed by atoms with Crippen LogP contribution in [-0.2, 0) is 0 Å². The summed E-state index contributed by atoms with van der Waals surface area (Å²) in [5.74, 6) is 0.0839. The molecule has 0 bridgehead atoms. The van der Waals surface area contributed by atoms with E-state index < -0.39 is 5.63 Å². The molecule has 0 amide bonds. The molecule has 0 fully saturated rings. The van der Waals surface area contributed by atoms with Crippen LogP contribution >= 0.6 is 0 Å². The average Bonchev–Trinajstić information content (AvgIpc) is 2.79. The molecule has 0 N–H and O–H groups in total. The fourth-order valence-corrected chi connectivity index (χ4v) is 3.15. The Labute approximate surface area is 168 Å². The third-order valence-corrected chi connectivity index (χ3v) is 4.55. The van der Waals surface area contributed by atoms with Gasteiger partial charge >= 0.3 is 5.63 Å². The van der Waals surface area contributed by atoms with E-state index in [0.29, 0.717) is 22.3 Å². The van der Waals surface area contributed by atoms with Gasteiger partial charge in [0.25, 0.3) is 0 Å². The van der Waals surface area contributed by atoms with Gasteiger partial charge in [-0.1, -0.05) is 103 Å². The minimum absolute atomic E-state index is 0.194. The summed E-state index contributed by atoms with van der Waals surface area (Å²) in [5.41, 5.74) is 2.58. The Balaban J connectivity index is 1.92. The second-order valence-electron chi connectivity index (χ2n) is 6.53. The van der Waals surface area contributed by atoms with Crippen LogP contribution in [-0.4, -0.2) is 5.78 Å². The fourth-order valence-electron chi connectivity index (χ4n) is 3.15. The summed E-state index contributed by atoms with van der Waals surface area (Å²) in [7, 11) is 0. The van der Waals surface area contributed by atoms with Gasteiger partial charge in [-0.2, -0.15) is 0 Å². The Kier molecular flexibility index (Phi) is 5.30. The van der Waals surface area contributed by atoms with Gasteiger partial charge in [-0.05, 0) is 11.1 Å². The van der Waals surface area contributed by atoms with Crippen LogP contribution in [0.1, 0.15) is 27.0 Å². The van der Waals surface area contributed by atoms with E-state index in [1.54, 1.807) is 18.2 Å². The number of rotatable bonds is 5. The van der Waals surface area contributed by atoms with E-state index >= 15 is 0 Å². The molecule has 1 aromatic heterocycles. The molecule has 140 valence electrons. The Morgan fingerprint density at radius 1 is 0.724 bits per heavy atom. The quantitative estimate of drug-likeness (QED) is 0.418. The molecule has 0 aliphatic heterocycles. The van der Waals surface area contributed by atoms with Crippen molar-refractivity contribution in [1.82, 2.24) is 0 Å². The molecular formula is C26H18O3. The topological polar surface area (TPSA) is 47.3 Å². The maximum Gasteiger partial charge on any atom is 0.336 e. The number of benzene rings is 3. The largest absolute Gasteiger partial charge is 0.422 e. The summed E-state index contributed by atoms with van der Waals surface area (Å²) in [5, 5.41) is 0. The summed E-state index contributed by atoms with van der Waals surface area (Å²) in [6, 6.07) is 29.3. The zero-order valence-electron chi connectivity index (χ0n) is 15.6. The van der Waals surface area contributed by atoms with Crippen LogP contribution in [0.2, 0.25) is 0 Å². The Morgan fingerprint density at radius 2 is 1.31 bits per heavy atom. The molecule has 0 unspecified atom stereocenters. The smallest absolute Gasteiger partial charge is 0.336 e. The molecule has 1 heterocycles. The molecular weight excluding hydrogens is 360 g/mol. The lowest BCUT2D eigenvalue weighted by Gasteiger charge is -2.11. The summed E-state index contributed by atoms with van der Waals surface area (Å²) >= 11 is 0. The van der Waals surface area contributed by atoms with Gasteiger partial charge in [-0.3, -0.25) is 4.79 Å². The van der Waals surface area contributed by atoms with Crippen LogP contribution < -0.4 is 5.63 Å². The van der Waals surface area contributed by atoms with Gasteiger partial charge in [0.1, 0.15) is 5.76 Å². The van der Waals surface area contributed by atoms with Crippen molar-refractivity contribution in [2.75, 3.05) is 0 Å². The van der Waals surface area contributed by atoms with E-state index in [2.05, 4.69) is 0 Å². The Hall–Kier alpha value is -3.98. The second-order valence-corrected chi connectivity index (χ2v) is 6.53. The van der Waals surface area contributed by atoms with Gasteiger partial charge in [-0.15, -0.1) is 0 Å². The molecule has 0 aliphatic rings. The highest BCUT2D eigenvalue weighted by Crippen LogP contribution is 2.28. The fraction of sp³-hybridized carbons (Fsp3) is 0. The zero-order valence-corrected chi connectivity index (χ0v) is 15.6. The van der Waals surface area contributed by atoms with E-state index in [1.807, 2.05) is 84.9 Å². The normalized spacial score (nSPS) is 10.9. The Bertz CT molecular complexity index is 1210. The lowest BCUT2D eigenvalue weighted by molar-refractivity contribution is 0.103. The minimum atomic E-state index is -0.499. The molecule has 0 saturated heterocycles. The van der Waals surface area contributed by atoms with Gasteiger partial charge in [0.2, 0.25) is 0 Å². The SMILES string of the molecule is O=C(c1ccccc1)c1c(/C=C/c2ccccc2)cc(=O)oc1-c1ccccc1. The number of hydrogen-bond acceptors (Lipinski definition) is 3. The molecule has 0 saturated carbocycles. The van der Waals surface area contributed by atoms with Crippen LogP contribution in [0.3, 0.4) is 0 Å². The first-order valence-electron chi connectivity index (χ1n) is 9.29. The van der Waals surface area contributed by atoms with Gasteiger partial charge in [0.05, 0.1) is 5.56 Å². The van der Waals surface area contributed by atoms with Crippen molar-refractivity contribution < 1.29 is 9.21 Å². The number of carbonyl (C=O) groups is 1. The van der Waals surface area contributed by atoms with Crippen molar-refractivity contribution in [2.45, 2.75) is 0 Å². The third-order valence-electron chi connectivity index (χ3n) is 4.55. The lowest BCUT2D eigenvalue weighted by Crippen LogP contribution is -2.11. The second kappa shape index (κ2) is 8.36. The predicted octanol–water partition coefficient (Wildman–Crippen LogP) is 5.71. The van der Waals surface area contributed by atoms with Gasteiger partial charge < -0.3 is 4.42 Å². The Morgan fingerprint density at radius 3 is 1.97 bits per heavy atom. The maximum absolute atomic E-state index is 13.4. The van der Waals surface area contributed by atoms with Crippen LogP contribution in [0.15, 0.2) is 106 Å². The summed E-state index contributed by atoms with van der Waals surface area (Å²) < 4.78 is 5.52. The van der Waals surface area contributed by atoms with Crippen LogP contribution in [0, 0.1) is 0 Å². The highest BCUT2D eigenvalue weighted by atomic mass is 16.4. The molecule has 3 aromatic carbocycles. The first-order chi connectivity index (χ1) is 14.2. The molecule has 0 radical (unpaired) electrons. The van der Waals surface area contributed by atoms with Crippen molar-refractivity contribution >= 4 is 17.9 Å². The van der Waals surface area contributed by atoms with E-state index in [4.69, 9.17) is 4.42 Å². The van der Waals surface area contributed by atoms with Crippen molar-refractivity contribution in [1.29, 1.82) is 0 Å². The number of ketones is 1.